The van der Waals surface area contributed by atoms with Crippen LogP contribution in [0.4, 0.5) is 4.79 Å². The van der Waals surface area contributed by atoms with E-state index in [4.69, 9.17) is 5.11 Å². The van der Waals surface area contributed by atoms with E-state index in [1.54, 1.807) is 0 Å². The zero-order valence-electron chi connectivity index (χ0n) is 9.82. The molecule has 1 fully saturated rings. The average molecular weight is 227 g/mol. The Hall–Kier alpha value is -1.52. The lowest BCUT2D eigenvalue weighted by Crippen LogP contribution is -2.44. The second-order valence-corrected chi connectivity index (χ2v) is 4.53. The average Bonchev–Trinajstić information content (AvgIpc) is 2.20. The Bertz CT molecular complexity index is 333. The number of carbonyl (C=O) groups is 2. The summed E-state index contributed by atoms with van der Waals surface area (Å²) in [6.45, 7) is 4.69. The smallest absolute Gasteiger partial charge is 0.407 e. The van der Waals surface area contributed by atoms with E-state index in [9.17, 15) is 9.59 Å². The second kappa shape index (κ2) is 4.55. The normalized spacial score (nSPS) is 21.9. The Morgan fingerprint density at radius 2 is 2.12 bits per heavy atom. The lowest BCUT2D eigenvalue weighted by Gasteiger charge is -2.38. The van der Waals surface area contributed by atoms with Gasteiger partial charge in [0, 0.05) is 24.6 Å². The van der Waals surface area contributed by atoms with Crippen LogP contribution >= 0.6 is 0 Å². The molecule has 1 amide bonds. The SMILES string of the molecule is COC(=O)/C=C1/CCN(C(=O)O)CC1(C)C. The van der Waals surface area contributed by atoms with E-state index in [1.807, 2.05) is 13.8 Å². The third-order valence-corrected chi connectivity index (χ3v) is 2.87. The monoisotopic (exact) mass is 227 g/mol. The number of methoxy groups -OCH3 is 1. The van der Waals surface area contributed by atoms with Gasteiger partial charge >= 0.3 is 12.1 Å². The summed E-state index contributed by atoms with van der Waals surface area (Å²) in [6.07, 6.45) is 1.14. The summed E-state index contributed by atoms with van der Waals surface area (Å²) in [6, 6.07) is 0. The molecular formula is C11H17NO4. The maximum atomic E-state index is 11.2. The third-order valence-electron chi connectivity index (χ3n) is 2.87. The van der Waals surface area contributed by atoms with E-state index < -0.39 is 6.09 Å². The van der Waals surface area contributed by atoms with Crippen LogP contribution in [0.15, 0.2) is 11.6 Å². The largest absolute Gasteiger partial charge is 0.466 e. The van der Waals surface area contributed by atoms with Crippen molar-refractivity contribution in [2.45, 2.75) is 20.3 Å². The fourth-order valence-electron chi connectivity index (χ4n) is 1.88. The van der Waals surface area contributed by atoms with Crippen molar-refractivity contribution in [2.75, 3.05) is 20.2 Å². The van der Waals surface area contributed by atoms with Crippen LogP contribution in [0.5, 0.6) is 0 Å². The summed E-state index contributed by atoms with van der Waals surface area (Å²) in [4.78, 5) is 23.4. The molecule has 0 unspecified atom stereocenters. The summed E-state index contributed by atoms with van der Waals surface area (Å²) in [5.74, 6) is -0.383. The van der Waals surface area contributed by atoms with Gasteiger partial charge in [0.25, 0.3) is 0 Å². The molecule has 0 aliphatic carbocycles. The first-order valence-electron chi connectivity index (χ1n) is 5.13. The molecule has 0 atom stereocenters. The van der Waals surface area contributed by atoms with Crippen molar-refractivity contribution < 1.29 is 19.4 Å². The Balaban J connectivity index is 2.82. The van der Waals surface area contributed by atoms with Crippen molar-refractivity contribution >= 4 is 12.1 Å². The van der Waals surface area contributed by atoms with Crippen molar-refractivity contribution in [2.24, 2.45) is 5.41 Å². The minimum atomic E-state index is -0.912. The van der Waals surface area contributed by atoms with Crippen molar-refractivity contribution in [3.63, 3.8) is 0 Å². The molecule has 1 saturated heterocycles. The van der Waals surface area contributed by atoms with Crippen molar-refractivity contribution in [3.05, 3.63) is 11.6 Å². The summed E-state index contributed by atoms with van der Waals surface area (Å²) >= 11 is 0. The van der Waals surface area contributed by atoms with Crippen molar-refractivity contribution in [1.29, 1.82) is 0 Å². The van der Waals surface area contributed by atoms with E-state index in [-0.39, 0.29) is 11.4 Å². The molecule has 1 aliphatic rings. The van der Waals surface area contributed by atoms with Gasteiger partial charge in [-0.2, -0.15) is 0 Å². The highest BCUT2D eigenvalue weighted by atomic mass is 16.5. The molecule has 1 rings (SSSR count). The molecule has 0 aromatic rings. The van der Waals surface area contributed by atoms with Crippen LogP contribution in [0.3, 0.4) is 0 Å². The third kappa shape index (κ3) is 2.74. The zero-order valence-corrected chi connectivity index (χ0v) is 9.82. The highest BCUT2D eigenvalue weighted by molar-refractivity contribution is 5.83. The Labute approximate surface area is 94.7 Å². The number of ether oxygens (including phenoxy) is 1. The Morgan fingerprint density at radius 1 is 1.50 bits per heavy atom. The Morgan fingerprint density at radius 3 is 2.56 bits per heavy atom. The first-order valence-corrected chi connectivity index (χ1v) is 5.13. The van der Waals surface area contributed by atoms with Crippen LogP contribution in [-0.2, 0) is 9.53 Å². The number of nitrogens with zero attached hydrogens (tertiary/aromatic N) is 1. The minimum Gasteiger partial charge on any atom is -0.466 e. The van der Waals surface area contributed by atoms with Gasteiger partial charge in [-0.25, -0.2) is 9.59 Å². The number of piperidine rings is 1. The summed E-state index contributed by atoms with van der Waals surface area (Å²) in [7, 11) is 1.33. The molecule has 5 nitrogen and oxygen atoms in total. The van der Waals surface area contributed by atoms with Gasteiger partial charge in [-0.15, -0.1) is 0 Å². The predicted molar refractivity (Wildman–Crippen MR) is 58.1 cm³/mol. The number of hydrogen-bond acceptors (Lipinski definition) is 3. The van der Waals surface area contributed by atoms with E-state index in [2.05, 4.69) is 4.74 Å². The molecule has 0 aromatic heterocycles. The maximum absolute atomic E-state index is 11.2. The highest BCUT2D eigenvalue weighted by Gasteiger charge is 2.33. The molecule has 0 bridgehead atoms. The first kappa shape index (κ1) is 12.5. The van der Waals surface area contributed by atoms with Gasteiger partial charge in [-0.05, 0) is 6.42 Å². The lowest BCUT2D eigenvalue weighted by molar-refractivity contribution is -0.135. The van der Waals surface area contributed by atoms with Gasteiger partial charge < -0.3 is 14.7 Å². The van der Waals surface area contributed by atoms with Crippen molar-refractivity contribution in [1.82, 2.24) is 4.90 Å². The summed E-state index contributed by atoms with van der Waals surface area (Å²) in [5.41, 5.74) is 0.627. The van der Waals surface area contributed by atoms with Crippen LogP contribution in [0.25, 0.3) is 0 Å². The van der Waals surface area contributed by atoms with E-state index in [0.29, 0.717) is 19.5 Å². The van der Waals surface area contributed by atoms with E-state index >= 15 is 0 Å². The molecule has 0 spiro atoms. The summed E-state index contributed by atoms with van der Waals surface area (Å²) in [5, 5.41) is 8.90. The number of rotatable bonds is 1. The van der Waals surface area contributed by atoms with Gasteiger partial charge in [0.1, 0.15) is 0 Å². The number of amides is 1. The Kier molecular flexibility index (Phi) is 3.57. The van der Waals surface area contributed by atoms with Gasteiger partial charge in [0.05, 0.1) is 7.11 Å². The van der Waals surface area contributed by atoms with E-state index in [1.165, 1.54) is 18.1 Å². The molecule has 5 heteroatoms. The maximum Gasteiger partial charge on any atom is 0.407 e. The standard InChI is InChI=1S/C11H17NO4/c1-11(2)7-12(10(14)15)5-4-8(11)6-9(13)16-3/h6H,4-5,7H2,1-3H3,(H,14,15)/b8-6-. The van der Waals surface area contributed by atoms with Crippen LogP contribution in [0.2, 0.25) is 0 Å². The molecule has 1 N–H and O–H groups in total. The fraction of sp³-hybridized carbons (Fsp3) is 0.636. The zero-order chi connectivity index (χ0) is 12.3. The van der Waals surface area contributed by atoms with Gasteiger partial charge in [-0.3, -0.25) is 0 Å². The number of hydrogen-bond donors (Lipinski definition) is 1. The number of carbonyl (C=O) groups excluding carboxylic acids is 1. The highest BCUT2D eigenvalue weighted by Crippen LogP contribution is 2.34. The topological polar surface area (TPSA) is 66.8 Å². The molecule has 16 heavy (non-hydrogen) atoms. The quantitative estimate of drug-likeness (QED) is 0.544. The molecule has 90 valence electrons. The fourth-order valence-corrected chi connectivity index (χ4v) is 1.88. The van der Waals surface area contributed by atoms with Gasteiger partial charge in [-0.1, -0.05) is 19.4 Å². The summed E-state index contributed by atoms with van der Waals surface area (Å²) < 4.78 is 4.58. The lowest BCUT2D eigenvalue weighted by atomic mass is 9.79. The number of carboxylic acid groups (broad SMARTS) is 1. The predicted octanol–water partition coefficient (Wildman–Crippen LogP) is 1.50. The van der Waals surface area contributed by atoms with Crippen LogP contribution < -0.4 is 0 Å². The molecule has 0 radical (unpaired) electrons. The number of likely N-dealkylation sites (tertiary alicyclic amines) is 1. The van der Waals surface area contributed by atoms with Crippen LogP contribution in [0, 0.1) is 5.41 Å². The van der Waals surface area contributed by atoms with Gasteiger partial charge in [0.15, 0.2) is 0 Å². The molecule has 0 saturated carbocycles. The van der Waals surface area contributed by atoms with Crippen LogP contribution in [-0.4, -0.2) is 42.3 Å². The minimum absolute atomic E-state index is 0.315. The van der Waals surface area contributed by atoms with Gasteiger partial charge in [0.2, 0.25) is 0 Å². The first-order chi connectivity index (χ1) is 7.36. The second-order valence-electron chi connectivity index (χ2n) is 4.53. The van der Waals surface area contributed by atoms with Crippen molar-refractivity contribution in [3.8, 4) is 0 Å². The molecule has 1 heterocycles. The number of esters is 1. The molecule has 1 aliphatic heterocycles. The molecule has 0 aromatic carbocycles. The van der Waals surface area contributed by atoms with E-state index in [0.717, 1.165) is 5.57 Å². The van der Waals surface area contributed by atoms with Crippen LogP contribution in [0.1, 0.15) is 20.3 Å². The molecular weight excluding hydrogens is 210 g/mol.